The fraction of sp³-hybridized carbons (Fsp3) is 0.636. The summed E-state index contributed by atoms with van der Waals surface area (Å²) in [4.78, 5) is 68.2. The largest absolute Gasteiger partial charge is 0.460 e. The molecule has 16 heteroatoms. The Balaban J connectivity index is 1.22. The Morgan fingerprint density at radius 2 is 1.83 bits per heavy atom. The van der Waals surface area contributed by atoms with Crippen molar-refractivity contribution in [2.24, 2.45) is 17.3 Å². The van der Waals surface area contributed by atoms with E-state index in [9.17, 15) is 27.6 Å². The van der Waals surface area contributed by atoms with Crippen molar-refractivity contribution in [1.29, 1.82) is 0 Å². The number of fused-ring (bicyclic) bond motifs is 3. The first-order chi connectivity index (χ1) is 28.4. The number of nitrogens with zero attached hydrogens (tertiary/aromatic N) is 5. The third-order valence-corrected chi connectivity index (χ3v) is 14.7. The van der Waals surface area contributed by atoms with Crippen LogP contribution in [0.3, 0.4) is 0 Å². The van der Waals surface area contributed by atoms with Gasteiger partial charge < -0.3 is 14.4 Å². The number of carbonyl (C=O) groups excluding carboxylic acids is 4. The van der Waals surface area contributed by atoms with Crippen LogP contribution in [0.1, 0.15) is 129 Å². The van der Waals surface area contributed by atoms with Gasteiger partial charge in [0.05, 0.1) is 35.6 Å². The summed E-state index contributed by atoms with van der Waals surface area (Å²) in [5, 5.41) is 3.04. The highest BCUT2D eigenvalue weighted by Crippen LogP contribution is 2.57. The minimum atomic E-state index is -4.13. The van der Waals surface area contributed by atoms with Crippen LogP contribution < -0.4 is 9.46 Å². The zero-order chi connectivity index (χ0) is 43.1. The van der Waals surface area contributed by atoms with Crippen LogP contribution in [-0.4, -0.2) is 94.1 Å². The Kier molecular flexibility index (Phi) is 12.7. The third kappa shape index (κ3) is 9.35. The number of amides is 2. The molecule has 4 aliphatic rings. The minimum absolute atomic E-state index is 0.0490. The average Bonchev–Trinajstić information content (AvgIpc) is 3.47. The molecule has 1 N–H and O–H groups in total. The first kappa shape index (κ1) is 43.9. The van der Waals surface area contributed by atoms with Crippen molar-refractivity contribution in [2.75, 3.05) is 20.6 Å². The number of ether oxygens (including phenoxy) is 2. The highest BCUT2D eigenvalue weighted by atomic mass is 32.2. The summed E-state index contributed by atoms with van der Waals surface area (Å²) in [5.41, 5.74) is 1.63. The second kappa shape index (κ2) is 17.3. The Morgan fingerprint density at radius 3 is 2.52 bits per heavy atom. The zero-order valence-electron chi connectivity index (χ0n) is 35.9. The van der Waals surface area contributed by atoms with Crippen molar-refractivity contribution in [3.63, 3.8) is 0 Å². The number of Topliss-reactive ketones (excluding diaryl/α,β-unsaturated/α-hetero) is 1. The summed E-state index contributed by atoms with van der Waals surface area (Å²) >= 11 is 1.61. The standard InChI is InChI=1S/C44H60N6O8S2/c1-27(2)50-34-20-14-19-32(39-45-33(26-59-39)28-16-13-17-28)38(34)46-42(50)57-31-22-35-36(51)24-44(41(54)47-60(55,56)48(6)7)23-30(44)18-12-10-8-9-11-15-29(40(53)49(35)25-31)21-37(52)58-43(3,4)5/h12,14,18-20,26-31,35H,8-11,13,15-17,21-25H2,1-7H3,(H,47,54)/b18-12-/t29-,30+,31-,35+,44-/m1/s1. The minimum Gasteiger partial charge on any atom is -0.460 e. The van der Waals surface area contributed by atoms with E-state index in [1.54, 1.807) is 32.1 Å². The van der Waals surface area contributed by atoms with Gasteiger partial charge in [-0.25, -0.2) is 9.71 Å². The van der Waals surface area contributed by atoms with Gasteiger partial charge in [0.15, 0.2) is 5.78 Å². The first-order valence-electron chi connectivity index (χ1n) is 21.5. The molecule has 2 aliphatic heterocycles. The van der Waals surface area contributed by atoms with Crippen molar-refractivity contribution in [3.05, 3.63) is 41.4 Å². The summed E-state index contributed by atoms with van der Waals surface area (Å²) in [5.74, 6) is -2.51. The zero-order valence-corrected chi connectivity index (χ0v) is 37.6. The molecule has 0 bridgehead atoms. The Morgan fingerprint density at radius 1 is 1.07 bits per heavy atom. The highest BCUT2D eigenvalue weighted by molar-refractivity contribution is 7.87. The van der Waals surface area contributed by atoms with E-state index in [1.165, 1.54) is 25.4 Å². The fourth-order valence-electron chi connectivity index (χ4n) is 8.82. The molecule has 7 rings (SSSR count). The number of esters is 1. The number of ketones is 1. The monoisotopic (exact) mass is 864 g/mol. The van der Waals surface area contributed by atoms with Gasteiger partial charge in [-0.2, -0.15) is 17.7 Å². The summed E-state index contributed by atoms with van der Waals surface area (Å²) in [6, 6.07) is 5.36. The number of hydrogen-bond donors (Lipinski definition) is 1. The van der Waals surface area contributed by atoms with Crippen LogP contribution in [0.15, 0.2) is 35.7 Å². The molecule has 60 heavy (non-hydrogen) atoms. The van der Waals surface area contributed by atoms with Crippen molar-refractivity contribution in [1.82, 2.24) is 28.5 Å². The van der Waals surface area contributed by atoms with Gasteiger partial charge in [-0.3, -0.25) is 23.7 Å². The molecule has 2 aromatic heterocycles. The number of thiazole rings is 1. The van der Waals surface area contributed by atoms with Crippen molar-refractivity contribution in [2.45, 2.75) is 141 Å². The molecule has 1 saturated heterocycles. The van der Waals surface area contributed by atoms with Gasteiger partial charge >= 0.3 is 16.2 Å². The third-order valence-electron chi connectivity index (χ3n) is 12.4. The Labute approximate surface area is 357 Å². The van der Waals surface area contributed by atoms with E-state index in [4.69, 9.17) is 19.4 Å². The maximum Gasteiger partial charge on any atom is 0.307 e. The van der Waals surface area contributed by atoms with Crippen LogP contribution in [0, 0.1) is 17.3 Å². The number of hydrogen-bond acceptors (Lipinski definition) is 11. The molecule has 14 nitrogen and oxygen atoms in total. The molecule has 0 radical (unpaired) electrons. The quantitative estimate of drug-likeness (QED) is 0.164. The lowest BCUT2D eigenvalue weighted by Gasteiger charge is -2.29. The van der Waals surface area contributed by atoms with E-state index in [1.807, 2.05) is 48.8 Å². The molecule has 4 heterocycles. The number of para-hydroxylation sites is 1. The fourth-order valence-corrected chi connectivity index (χ4v) is 10.4. The van der Waals surface area contributed by atoms with Gasteiger partial charge in [0.25, 0.3) is 6.01 Å². The lowest BCUT2D eigenvalue weighted by atomic mass is 9.83. The number of benzene rings is 1. The number of allylic oxidation sites excluding steroid dienone is 2. The van der Waals surface area contributed by atoms with Gasteiger partial charge in [-0.1, -0.05) is 37.5 Å². The lowest BCUT2D eigenvalue weighted by Crippen LogP contribution is -2.47. The molecule has 3 aromatic rings. The molecular formula is C44H60N6O8S2. The molecule has 2 saturated carbocycles. The SMILES string of the molecule is CC(C)n1c(O[C@@H]2C[C@H]3C(=O)C[C@]4(C(=O)NS(=O)(=O)N(C)C)C[C@@H]4/C=C\CCCCC[C@H](CC(=O)OC(C)(C)C)C(=O)N3C2)nc2c(-c3nc(C4CCC4)cs3)cccc21. The number of rotatable bonds is 10. The molecule has 0 spiro atoms. The lowest BCUT2D eigenvalue weighted by molar-refractivity contribution is -0.159. The normalized spacial score (nSPS) is 26.2. The number of aromatic nitrogens is 3. The molecule has 1 aromatic carbocycles. The summed E-state index contributed by atoms with van der Waals surface area (Å²) in [6.07, 6.45) is 10.3. The Bertz CT molecular complexity index is 2250. The number of nitrogens with one attached hydrogen (secondary N) is 1. The van der Waals surface area contributed by atoms with Gasteiger partial charge in [0.1, 0.15) is 22.2 Å². The first-order valence-corrected chi connectivity index (χ1v) is 23.8. The molecule has 3 fully saturated rings. The molecule has 2 amide bonds. The second-order valence-corrected chi connectivity index (χ2v) is 21.3. The van der Waals surface area contributed by atoms with Crippen LogP contribution in [0.25, 0.3) is 21.6 Å². The maximum absolute atomic E-state index is 14.8. The van der Waals surface area contributed by atoms with Gasteiger partial charge in [0, 0.05) is 55.8 Å². The van der Waals surface area contributed by atoms with Crippen molar-refractivity contribution < 1.29 is 37.1 Å². The maximum atomic E-state index is 14.8. The van der Waals surface area contributed by atoms with Gasteiger partial charge in [-0.05, 0) is 91.2 Å². The Hall–Kier alpha value is -4.15. The predicted molar refractivity (Wildman–Crippen MR) is 229 cm³/mol. The molecule has 326 valence electrons. The van der Waals surface area contributed by atoms with Crippen LogP contribution in [0.2, 0.25) is 0 Å². The van der Waals surface area contributed by atoms with Gasteiger partial charge in [-0.15, -0.1) is 11.3 Å². The molecule has 2 aliphatic carbocycles. The van der Waals surface area contributed by atoms with Crippen LogP contribution in [0.4, 0.5) is 0 Å². The molecular weight excluding hydrogens is 805 g/mol. The second-order valence-electron chi connectivity index (χ2n) is 18.6. The van der Waals surface area contributed by atoms with Crippen molar-refractivity contribution in [3.8, 4) is 16.6 Å². The van der Waals surface area contributed by atoms with E-state index >= 15 is 0 Å². The van der Waals surface area contributed by atoms with E-state index in [2.05, 4.69) is 10.1 Å². The predicted octanol–water partition coefficient (Wildman–Crippen LogP) is 7.11. The van der Waals surface area contributed by atoms with Gasteiger partial charge in [0.2, 0.25) is 11.8 Å². The van der Waals surface area contributed by atoms with E-state index in [-0.39, 0.29) is 49.5 Å². The van der Waals surface area contributed by atoms with Crippen LogP contribution in [0.5, 0.6) is 6.01 Å². The van der Waals surface area contributed by atoms with Crippen LogP contribution in [-0.2, 0) is 34.1 Å². The van der Waals surface area contributed by atoms with E-state index < -0.39 is 51.2 Å². The topological polar surface area (TPSA) is 170 Å². The molecule has 5 atom stereocenters. The van der Waals surface area contributed by atoms with Crippen molar-refractivity contribution >= 4 is 56.1 Å². The van der Waals surface area contributed by atoms with Crippen LogP contribution >= 0.6 is 11.3 Å². The average molecular weight is 865 g/mol. The van der Waals surface area contributed by atoms with E-state index in [0.29, 0.717) is 31.2 Å². The summed E-state index contributed by atoms with van der Waals surface area (Å²) < 4.78 is 43.2. The summed E-state index contributed by atoms with van der Waals surface area (Å²) in [7, 11) is -1.47. The highest BCUT2D eigenvalue weighted by Gasteiger charge is 2.61. The molecule has 0 unspecified atom stereocenters. The summed E-state index contributed by atoms with van der Waals surface area (Å²) in [6.45, 7) is 9.51. The van der Waals surface area contributed by atoms with E-state index in [0.717, 1.165) is 63.7 Å². The number of imidazole rings is 1. The number of carbonyl (C=O) groups is 4. The smallest absolute Gasteiger partial charge is 0.307 e.